The van der Waals surface area contributed by atoms with Gasteiger partial charge in [0.05, 0.1) is 6.61 Å². The molecule has 3 heteroatoms. The van der Waals surface area contributed by atoms with Crippen LogP contribution in [0.3, 0.4) is 0 Å². The van der Waals surface area contributed by atoms with E-state index in [1.165, 1.54) is 25.7 Å². The van der Waals surface area contributed by atoms with Crippen molar-refractivity contribution in [2.45, 2.75) is 52.4 Å². The number of esters is 1. The first-order chi connectivity index (χ1) is 7.54. The van der Waals surface area contributed by atoms with E-state index in [2.05, 4.69) is 20.4 Å². The molecule has 2 nitrogen and oxygen atoms in total. The van der Waals surface area contributed by atoms with Crippen LogP contribution in [0.5, 0.6) is 0 Å². The van der Waals surface area contributed by atoms with Gasteiger partial charge in [-0.25, -0.2) is 4.79 Å². The molecule has 0 saturated carbocycles. The Morgan fingerprint density at radius 3 is 2.31 bits per heavy atom. The van der Waals surface area contributed by atoms with E-state index >= 15 is 0 Å². The highest BCUT2D eigenvalue weighted by Crippen LogP contribution is 2.10. The van der Waals surface area contributed by atoms with Gasteiger partial charge in [-0.1, -0.05) is 64.1 Å². The van der Waals surface area contributed by atoms with E-state index < -0.39 is 5.97 Å². The molecule has 0 heterocycles. The van der Waals surface area contributed by atoms with Crippen molar-refractivity contribution in [2.75, 3.05) is 6.61 Å². The largest absolute Gasteiger partial charge is 0.461 e. The molecule has 0 aromatic rings. The van der Waals surface area contributed by atoms with Gasteiger partial charge in [0.15, 0.2) is 0 Å². The lowest BCUT2D eigenvalue weighted by atomic mass is 10.0. The number of carbonyl (C=O) groups excluding carboxylic acids is 1. The lowest BCUT2D eigenvalue weighted by molar-refractivity contribution is -0.138. The molecule has 0 amide bonds. The molecule has 0 aromatic carbocycles. The highest BCUT2D eigenvalue weighted by atomic mass is 35.5. The number of ether oxygens (including phenoxy) is 1. The highest BCUT2D eigenvalue weighted by molar-refractivity contribution is 6.40. The third kappa shape index (κ3) is 10.0. The van der Waals surface area contributed by atoms with Crippen LogP contribution in [-0.2, 0) is 9.53 Å². The van der Waals surface area contributed by atoms with Crippen molar-refractivity contribution < 1.29 is 9.53 Å². The average Bonchev–Trinajstić information content (AvgIpc) is 2.21. The number of hydrogen-bond acceptors (Lipinski definition) is 2. The van der Waals surface area contributed by atoms with Gasteiger partial charge >= 0.3 is 5.97 Å². The van der Waals surface area contributed by atoms with E-state index in [1.807, 2.05) is 0 Å². The molecule has 0 aliphatic rings. The molecule has 0 atom stereocenters. The van der Waals surface area contributed by atoms with Gasteiger partial charge in [0.2, 0.25) is 0 Å². The fraction of sp³-hybridized carbons (Fsp3) is 0.769. The molecule has 0 bridgehead atoms. The first-order valence-corrected chi connectivity index (χ1v) is 6.43. The monoisotopic (exact) mass is 246 g/mol. The van der Waals surface area contributed by atoms with E-state index in [1.54, 1.807) is 0 Å². The fourth-order valence-corrected chi connectivity index (χ4v) is 1.48. The molecule has 0 aromatic heterocycles. The second-order valence-electron chi connectivity index (χ2n) is 4.49. The lowest BCUT2D eigenvalue weighted by Gasteiger charge is -2.05. The minimum Gasteiger partial charge on any atom is -0.461 e. The SMILES string of the molecule is C=C(Cl)C(=O)OCCCCCCCC(C)C. The zero-order valence-electron chi connectivity index (χ0n) is 10.4. The minimum atomic E-state index is -0.499. The first kappa shape index (κ1) is 15.5. The van der Waals surface area contributed by atoms with Gasteiger partial charge < -0.3 is 4.74 Å². The zero-order valence-corrected chi connectivity index (χ0v) is 11.2. The topological polar surface area (TPSA) is 26.3 Å². The van der Waals surface area contributed by atoms with Gasteiger partial charge in [-0.2, -0.15) is 0 Å². The number of halogens is 1. The summed E-state index contributed by atoms with van der Waals surface area (Å²) >= 11 is 5.37. The van der Waals surface area contributed by atoms with Crippen molar-refractivity contribution in [2.24, 2.45) is 5.92 Å². The maximum Gasteiger partial charge on any atom is 0.349 e. The Morgan fingerprint density at radius 2 is 1.75 bits per heavy atom. The number of hydrogen-bond donors (Lipinski definition) is 0. The molecule has 0 unspecified atom stereocenters. The van der Waals surface area contributed by atoms with Crippen molar-refractivity contribution in [1.82, 2.24) is 0 Å². The molecular weight excluding hydrogens is 224 g/mol. The predicted octanol–water partition coefficient (Wildman–Crippen LogP) is 4.28. The van der Waals surface area contributed by atoms with Crippen molar-refractivity contribution in [3.05, 3.63) is 11.6 Å². The van der Waals surface area contributed by atoms with Crippen molar-refractivity contribution in [3.8, 4) is 0 Å². The van der Waals surface area contributed by atoms with Gasteiger partial charge in [-0.15, -0.1) is 0 Å². The van der Waals surface area contributed by atoms with Crippen molar-refractivity contribution in [1.29, 1.82) is 0 Å². The van der Waals surface area contributed by atoms with Crippen LogP contribution in [0, 0.1) is 5.92 Å². The summed E-state index contributed by atoms with van der Waals surface area (Å²) in [5.74, 6) is 0.303. The van der Waals surface area contributed by atoms with E-state index in [-0.39, 0.29) is 5.03 Å². The molecular formula is C13H23ClO2. The van der Waals surface area contributed by atoms with Crippen LogP contribution in [0.15, 0.2) is 11.6 Å². The van der Waals surface area contributed by atoms with E-state index in [9.17, 15) is 4.79 Å². The molecule has 0 fully saturated rings. The molecule has 16 heavy (non-hydrogen) atoms. The highest BCUT2D eigenvalue weighted by Gasteiger charge is 2.03. The third-order valence-corrected chi connectivity index (χ3v) is 2.53. The summed E-state index contributed by atoms with van der Waals surface area (Å²) in [6.07, 6.45) is 7.12. The molecule has 0 aliphatic heterocycles. The van der Waals surface area contributed by atoms with Gasteiger partial charge in [0.1, 0.15) is 5.03 Å². The molecule has 0 saturated heterocycles. The summed E-state index contributed by atoms with van der Waals surface area (Å²) in [4.78, 5) is 10.9. The normalized spacial score (nSPS) is 10.5. The molecule has 0 N–H and O–H groups in total. The summed E-state index contributed by atoms with van der Waals surface area (Å²) in [7, 11) is 0. The summed E-state index contributed by atoms with van der Waals surface area (Å²) < 4.78 is 4.88. The minimum absolute atomic E-state index is 0.0445. The van der Waals surface area contributed by atoms with Crippen molar-refractivity contribution >= 4 is 17.6 Å². The van der Waals surface area contributed by atoms with E-state index in [0.29, 0.717) is 6.61 Å². The lowest BCUT2D eigenvalue weighted by Crippen LogP contribution is -2.04. The van der Waals surface area contributed by atoms with Crippen LogP contribution in [0.2, 0.25) is 0 Å². The van der Waals surface area contributed by atoms with Crippen LogP contribution in [0.4, 0.5) is 0 Å². The Hall–Kier alpha value is -0.500. The van der Waals surface area contributed by atoms with Crippen LogP contribution in [0.1, 0.15) is 52.4 Å². The summed E-state index contributed by atoms with van der Waals surface area (Å²) in [6, 6.07) is 0. The summed E-state index contributed by atoms with van der Waals surface area (Å²) in [6.45, 7) is 8.25. The molecule has 0 rings (SSSR count). The van der Waals surface area contributed by atoms with Crippen LogP contribution >= 0.6 is 11.6 Å². The fourth-order valence-electron chi connectivity index (χ4n) is 1.43. The quantitative estimate of drug-likeness (QED) is 0.345. The van der Waals surface area contributed by atoms with E-state index in [0.717, 1.165) is 18.8 Å². The van der Waals surface area contributed by atoms with Gasteiger partial charge in [0.25, 0.3) is 0 Å². The number of unbranched alkanes of at least 4 members (excludes halogenated alkanes) is 4. The summed E-state index contributed by atoms with van der Waals surface area (Å²) in [5.41, 5.74) is 0. The van der Waals surface area contributed by atoms with Crippen LogP contribution < -0.4 is 0 Å². The smallest absolute Gasteiger partial charge is 0.349 e. The maximum absolute atomic E-state index is 10.9. The maximum atomic E-state index is 10.9. The molecule has 94 valence electrons. The van der Waals surface area contributed by atoms with Gasteiger partial charge in [0, 0.05) is 0 Å². The first-order valence-electron chi connectivity index (χ1n) is 6.05. The molecule has 0 radical (unpaired) electrons. The van der Waals surface area contributed by atoms with E-state index in [4.69, 9.17) is 16.3 Å². The second kappa shape index (κ2) is 9.71. The Kier molecular flexibility index (Phi) is 9.40. The average molecular weight is 247 g/mol. The Bertz CT molecular complexity index is 212. The number of carbonyl (C=O) groups is 1. The molecule has 0 aliphatic carbocycles. The summed E-state index contributed by atoms with van der Waals surface area (Å²) in [5, 5.41) is -0.0445. The van der Waals surface area contributed by atoms with Gasteiger partial charge in [-0.05, 0) is 12.3 Å². The second-order valence-corrected chi connectivity index (χ2v) is 4.95. The Balaban J connectivity index is 3.16. The van der Waals surface area contributed by atoms with Crippen molar-refractivity contribution in [3.63, 3.8) is 0 Å². The third-order valence-electron chi connectivity index (χ3n) is 2.38. The Labute approximate surface area is 104 Å². The van der Waals surface area contributed by atoms with Crippen LogP contribution in [0.25, 0.3) is 0 Å². The van der Waals surface area contributed by atoms with Gasteiger partial charge in [-0.3, -0.25) is 0 Å². The number of rotatable bonds is 9. The van der Waals surface area contributed by atoms with Crippen LogP contribution in [-0.4, -0.2) is 12.6 Å². The standard InChI is InChI=1S/C13H23ClO2/c1-11(2)9-7-5-4-6-8-10-16-13(15)12(3)14/h11H,3-10H2,1-2H3. The zero-order chi connectivity index (χ0) is 12.4. The predicted molar refractivity (Wildman–Crippen MR) is 68.5 cm³/mol. The Morgan fingerprint density at radius 1 is 1.19 bits per heavy atom. The molecule has 0 spiro atoms.